The van der Waals surface area contributed by atoms with Gasteiger partial charge in [-0.1, -0.05) is 18.7 Å². The van der Waals surface area contributed by atoms with Gasteiger partial charge in [0.25, 0.3) is 0 Å². The van der Waals surface area contributed by atoms with Gasteiger partial charge in [0.2, 0.25) is 0 Å². The largest absolute Gasteiger partial charge is 0.382 e. The molecule has 4 atom stereocenters. The lowest BCUT2D eigenvalue weighted by Gasteiger charge is -2.25. The topological polar surface area (TPSA) is 38.0 Å². The van der Waals surface area contributed by atoms with Crippen molar-refractivity contribution in [2.24, 2.45) is 17.6 Å². The average molecular weight is 206 g/mol. The molecule has 0 heterocycles. The summed E-state index contributed by atoms with van der Waals surface area (Å²) in [5, 5.41) is 3.50. The van der Waals surface area contributed by atoms with E-state index in [4.69, 9.17) is 5.73 Å². The highest BCUT2D eigenvalue weighted by atomic mass is 14.9. The Morgan fingerprint density at radius 1 is 1.53 bits per heavy atom. The Kier molecular flexibility index (Phi) is 3.15. The van der Waals surface area contributed by atoms with Crippen molar-refractivity contribution in [1.29, 1.82) is 0 Å². The van der Waals surface area contributed by atoms with Crippen LogP contribution in [0.1, 0.15) is 32.6 Å². The van der Waals surface area contributed by atoms with Crippen molar-refractivity contribution < 1.29 is 0 Å². The van der Waals surface area contributed by atoms with Crippen molar-refractivity contribution in [3.63, 3.8) is 0 Å². The Hall–Kier alpha value is -0.760. The molecular formula is C13H22N2. The molecule has 0 spiro atoms. The number of nitrogens with two attached hydrogens (primary N) is 1. The SMILES string of the molecule is C=C(NC1C=CC1)C1CCC(C(C)N)C1. The standard InChI is InChI=1S/C13H22N2/c1-9(14)11-6-7-12(8-11)10(2)15-13-4-3-5-13/h3-4,9,11-13,15H,2,5-8,14H2,1H3. The lowest BCUT2D eigenvalue weighted by Crippen LogP contribution is -2.32. The maximum Gasteiger partial charge on any atom is 0.0475 e. The molecule has 0 aromatic heterocycles. The van der Waals surface area contributed by atoms with Crippen LogP contribution in [0.25, 0.3) is 0 Å². The molecule has 0 aliphatic heterocycles. The first kappa shape index (κ1) is 10.7. The van der Waals surface area contributed by atoms with E-state index in [0.717, 1.165) is 6.42 Å². The van der Waals surface area contributed by atoms with Crippen LogP contribution in [-0.2, 0) is 0 Å². The van der Waals surface area contributed by atoms with Crippen molar-refractivity contribution in [1.82, 2.24) is 5.32 Å². The maximum atomic E-state index is 5.94. The highest BCUT2D eigenvalue weighted by molar-refractivity contribution is 5.13. The van der Waals surface area contributed by atoms with Gasteiger partial charge in [0.1, 0.15) is 0 Å². The zero-order valence-corrected chi connectivity index (χ0v) is 9.58. The Morgan fingerprint density at radius 2 is 2.27 bits per heavy atom. The molecule has 0 bridgehead atoms. The summed E-state index contributed by atoms with van der Waals surface area (Å²) in [5.74, 6) is 1.35. The first-order chi connectivity index (χ1) is 7.16. The molecule has 2 rings (SSSR count). The minimum Gasteiger partial charge on any atom is -0.382 e. The summed E-state index contributed by atoms with van der Waals surface area (Å²) < 4.78 is 0. The molecule has 2 heteroatoms. The van der Waals surface area contributed by atoms with Crippen molar-refractivity contribution >= 4 is 0 Å². The van der Waals surface area contributed by atoms with E-state index in [1.54, 1.807) is 0 Å². The molecule has 0 aromatic carbocycles. The van der Waals surface area contributed by atoms with E-state index in [0.29, 0.717) is 23.9 Å². The lowest BCUT2D eigenvalue weighted by atomic mass is 9.96. The number of nitrogens with one attached hydrogen (secondary N) is 1. The highest BCUT2D eigenvalue weighted by Crippen LogP contribution is 2.35. The monoisotopic (exact) mass is 206 g/mol. The van der Waals surface area contributed by atoms with Crippen molar-refractivity contribution in [3.05, 3.63) is 24.4 Å². The molecule has 0 radical (unpaired) electrons. The summed E-state index contributed by atoms with van der Waals surface area (Å²) in [5.41, 5.74) is 7.17. The first-order valence-electron chi connectivity index (χ1n) is 6.04. The Morgan fingerprint density at radius 3 is 2.73 bits per heavy atom. The van der Waals surface area contributed by atoms with Gasteiger partial charge >= 0.3 is 0 Å². The lowest BCUT2D eigenvalue weighted by molar-refractivity contribution is 0.437. The van der Waals surface area contributed by atoms with Gasteiger partial charge in [0, 0.05) is 17.8 Å². The molecular weight excluding hydrogens is 184 g/mol. The summed E-state index contributed by atoms with van der Waals surface area (Å²) in [6, 6.07) is 0.887. The third kappa shape index (κ3) is 2.43. The second-order valence-corrected chi connectivity index (χ2v) is 5.07. The summed E-state index contributed by atoms with van der Waals surface area (Å²) in [6.45, 7) is 6.29. The van der Waals surface area contributed by atoms with Crippen LogP contribution in [-0.4, -0.2) is 12.1 Å². The predicted molar refractivity (Wildman–Crippen MR) is 64.3 cm³/mol. The van der Waals surface area contributed by atoms with E-state index in [-0.39, 0.29) is 0 Å². The zero-order chi connectivity index (χ0) is 10.8. The smallest absolute Gasteiger partial charge is 0.0475 e. The quantitative estimate of drug-likeness (QED) is 0.692. The third-order valence-corrected chi connectivity index (χ3v) is 3.84. The minimum atomic E-state index is 0.339. The van der Waals surface area contributed by atoms with Crippen LogP contribution in [0.4, 0.5) is 0 Å². The van der Waals surface area contributed by atoms with Crippen molar-refractivity contribution in [2.45, 2.75) is 44.7 Å². The Labute approximate surface area is 92.6 Å². The molecule has 2 aliphatic carbocycles. The van der Waals surface area contributed by atoms with Crippen LogP contribution >= 0.6 is 0 Å². The van der Waals surface area contributed by atoms with E-state index in [1.165, 1.54) is 25.0 Å². The fraction of sp³-hybridized carbons (Fsp3) is 0.692. The van der Waals surface area contributed by atoms with Crippen LogP contribution in [0, 0.1) is 11.8 Å². The van der Waals surface area contributed by atoms with Crippen LogP contribution in [0.5, 0.6) is 0 Å². The molecule has 1 fully saturated rings. The fourth-order valence-corrected chi connectivity index (χ4v) is 2.55. The molecule has 3 N–H and O–H groups in total. The molecule has 0 amide bonds. The first-order valence-corrected chi connectivity index (χ1v) is 6.04. The fourth-order valence-electron chi connectivity index (χ4n) is 2.55. The minimum absolute atomic E-state index is 0.339. The van der Waals surface area contributed by atoms with Gasteiger partial charge in [-0.15, -0.1) is 0 Å². The molecule has 84 valence electrons. The molecule has 15 heavy (non-hydrogen) atoms. The van der Waals surface area contributed by atoms with Gasteiger partial charge in [0.15, 0.2) is 0 Å². The van der Waals surface area contributed by atoms with Gasteiger partial charge < -0.3 is 11.1 Å². The Bertz CT molecular complexity index is 268. The van der Waals surface area contributed by atoms with E-state index >= 15 is 0 Å². The number of hydrogen-bond acceptors (Lipinski definition) is 2. The number of rotatable bonds is 4. The van der Waals surface area contributed by atoms with Crippen LogP contribution in [0.2, 0.25) is 0 Å². The second kappa shape index (κ2) is 4.40. The van der Waals surface area contributed by atoms with Gasteiger partial charge in [-0.05, 0) is 44.4 Å². The molecule has 2 nitrogen and oxygen atoms in total. The maximum absolute atomic E-state index is 5.94. The van der Waals surface area contributed by atoms with Crippen LogP contribution in [0.15, 0.2) is 24.4 Å². The average Bonchev–Trinajstić information content (AvgIpc) is 2.59. The molecule has 0 aromatic rings. The molecule has 4 unspecified atom stereocenters. The molecule has 1 saturated carbocycles. The van der Waals surface area contributed by atoms with E-state index in [1.807, 2.05) is 0 Å². The van der Waals surface area contributed by atoms with E-state index in [2.05, 4.69) is 31.0 Å². The molecule has 0 saturated heterocycles. The number of allylic oxidation sites excluding steroid dienone is 1. The summed E-state index contributed by atoms with van der Waals surface area (Å²) in [6.07, 6.45) is 9.31. The summed E-state index contributed by atoms with van der Waals surface area (Å²) in [7, 11) is 0. The van der Waals surface area contributed by atoms with Crippen LogP contribution < -0.4 is 11.1 Å². The van der Waals surface area contributed by atoms with Crippen molar-refractivity contribution in [2.75, 3.05) is 0 Å². The van der Waals surface area contributed by atoms with E-state index < -0.39 is 0 Å². The normalized spacial score (nSPS) is 36.0. The second-order valence-electron chi connectivity index (χ2n) is 5.07. The van der Waals surface area contributed by atoms with Gasteiger partial charge in [-0.2, -0.15) is 0 Å². The zero-order valence-electron chi connectivity index (χ0n) is 9.58. The third-order valence-electron chi connectivity index (χ3n) is 3.84. The number of hydrogen-bond donors (Lipinski definition) is 2. The van der Waals surface area contributed by atoms with E-state index in [9.17, 15) is 0 Å². The summed E-state index contributed by atoms with van der Waals surface area (Å²) in [4.78, 5) is 0. The molecule has 2 aliphatic rings. The van der Waals surface area contributed by atoms with Crippen molar-refractivity contribution in [3.8, 4) is 0 Å². The van der Waals surface area contributed by atoms with Gasteiger partial charge in [0.05, 0.1) is 0 Å². The predicted octanol–water partition coefficient (Wildman–Crippen LogP) is 2.18. The van der Waals surface area contributed by atoms with Gasteiger partial charge in [-0.3, -0.25) is 0 Å². The Balaban J connectivity index is 1.79. The van der Waals surface area contributed by atoms with Gasteiger partial charge in [-0.25, -0.2) is 0 Å². The van der Waals surface area contributed by atoms with Crippen LogP contribution in [0.3, 0.4) is 0 Å². The highest BCUT2D eigenvalue weighted by Gasteiger charge is 2.29. The summed E-state index contributed by atoms with van der Waals surface area (Å²) >= 11 is 0.